The molecule has 16 heavy (non-hydrogen) atoms. The van der Waals surface area contributed by atoms with Crippen LogP contribution >= 0.6 is 11.6 Å². The number of aryl methyl sites for hydroxylation is 2. The highest BCUT2D eigenvalue weighted by Crippen LogP contribution is 2.23. The molecule has 0 aliphatic heterocycles. The summed E-state index contributed by atoms with van der Waals surface area (Å²) in [6.45, 7) is 8.46. The molecule has 1 aromatic rings. The van der Waals surface area contributed by atoms with Gasteiger partial charge in [0.05, 0.1) is 5.69 Å². The SMILES string of the molecule is CCNCC(CC)Cc1c(C)nn(C)c1Cl. The molecule has 0 saturated carbocycles. The lowest BCUT2D eigenvalue weighted by atomic mass is 9.97. The highest BCUT2D eigenvalue weighted by Gasteiger charge is 2.15. The molecule has 1 heterocycles. The van der Waals surface area contributed by atoms with Gasteiger partial charge in [-0.1, -0.05) is 31.9 Å². The smallest absolute Gasteiger partial charge is 0.130 e. The molecular formula is C12H22ClN3. The van der Waals surface area contributed by atoms with E-state index in [9.17, 15) is 0 Å². The lowest BCUT2D eigenvalue weighted by Gasteiger charge is -2.14. The minimum absolute atomic E-state index is 0.639. The lowest BCUT2D eigenvalue weighted by Crippen LogP contribution is -2.23. The Balaban J connectivity index is 2.69. The third kappa shape index (κ3) is 3.22. The number of hydrogen-bond donors (Lipinski definition) is 1. The normalized spacial score (nSPS) is 13.1. The molecule has 0 bridgehead atoms. The molecule has 1 atom stereocenters. The van der Waals surface area contributed by atoms with Crippen molar-refractivity contribution < 1.29 is 0 Å². The predicted molar refractivity (Wildman–Crippen MR) is 69.0 cm³/mol. The van der Waals surface area contributed by atoms with Gasteiger partial charge in [0, 0.05) is 12.6 Å². The molecule has 0 amide bonds. The molecule has 0 aliphatic rings. The van der Waals surface area contributed by atoms with Crippen molar-refractivity contribution in [3.05, 3.63) is 16.4 Å². The van der Waals surface area contributed by atoms with Gasteiger partial charge >= 0.3 is 0 Å². The number of nitrogens with zero attached hydrogens (tertiary/aromatic N) is 2. The Labute approximate surface area is 103 Å². The molecule has 0 aromatic carbocycles. The summed E-state index contributed by atoms with van der Waals surface area (Å²) in [5, 5.41) is 8.52. The van der Waals surface area contributed by atoms with Crippen LogP contribution in [-0.4, -0.2) is 22.9 Å². The summed E-state index contributed by atoms with van der Waals surface area (Å²) in [4.78, 5) is 0. The Morgan fingerprint density at radius 3 is 2.56 bits per heavy atom. The van der Waals surface area contributed by atoms with Crippen LogP contribution in [0.15, 0.2) is 0 Å². The van der Waals surface area contributed by atoms with Crippen molar-refractivity contribution in [1.29, 1.82) is 0 Å². The van der Waals surface area contributed by atoms with Crippen LogP contribution in [0.5, 0.6) is 0 Å². The van der Waals surface area contributed by atoms with Gasteiger partial charge in [0.25, 0.3) is 0 Å². The molecule has 92 valence electrons. The molecular weight excluding hydrogens is 222 g/mol. The van der Waals surface area contributed by atoms with Crippen LogP contribution in [0.3, 0.4) is 0 Å². The summed E-state index contributed by atoms with van der Waals surface area (Å²) in [5.74, 6) is 0.639. The van der Waals surface area contributed by atoms with Crippen molar-refractivity contribution in [3.63, 3.8) is 0 Å². The molecule has 3 nitrogen and oxygen atoms in total. The molecule has 4 heteroatoms. The molecule has 0 saturated heterocycles. The molecule has 1 unspecified atom stereocenters. The van der Waals surface area contributed by atoms with Crippen LogP contribution in [-0.2, 0) is 13.5 Å². The van der Waals surface area contributed by atoms with Gasteiger partial charge in [0.15, 0.2) is 0 Å². The lowest BCUT2D eigenvalue weighted by molar-refractivity contribution is 0.466. The molecule has 0 radical (unpaired) electrons. The fourth-order valence-electron chi connectivity index (χ4n) is 1.90. The van der Waals surface area contributed by atoms with E-state index < -0.39 is 0 Å². The largest absolute Gasteiger partial charge is 0.317 e. The van der Waals surface area contributed by atoms with E-state index >= 15 is 0 Å². The minimum Gasteiger partial charge on any atom is -0.317 e. The highest BCUT2D eigenvalue weighted by molar-refractivity contribution is 6.30. The second-order valence-corrected chi connectivity index (χ2v) is 4.62. The number of rotatable bonds is 6. The molecule has 0 fully saturated rings. The van der Waals surface area contributed by atoms with Crippen molar-refractivity contribution in [2.45, 2.75) is 33.6 Å². The van der Waals surface area contributed by atoms with Gasteiger partial charge in [-0.2, -0.15) is 5.10 Å². The number of nitrogens with one attached hydrogen (secondary N) is 1. The summed E-state index contributed by atoms with van der Waals surface area (Å²) in [6.07, 6.45) is 2.18. The van der Waals surface area contributed by atoms with Crippen LogP contribution in [0.2, 0.25) is 5.15 Å². The number of aromatic nitrogens is 2. The van der Waals surface area contributed by atoms with Gasteiger partial charge in [-0.15, -0.1) is 0 Å². The maximum atomic E-state index is 6.23. The quantitative estimate of drug-likeness (QED) is 0.832. The highest BCUT2D eigenvalue weighted by atomic mass is 35.5. The Bertz CT molecular complexity index is 333. The Hall–Kier alpha value is -0.540. The zero-order valence-corrected chi connectivity index (χ0v) is 11.4. The fraction of sp³-hybridized carbons (Fsp3) is 0.750. The van der Waals surface area contributed by atoms with Crippen LogP contribution in [0, 0.1) is 12.8 Å². The third-order valence-electron chi connectivity index (χ3n) is 3.02. The van der Waals surface area contributed by atoms with Crippen LogP contribution in [0.4, 0.5) is 0 Å². The average molecular weight is 244 g/mol. The van der Waals surface area contributed by atoms with E-state index in [1.54, 1.807) is 4.68 Å². The standard InChI is InChI=1S/C12H22ClN3/c1-5-10(8-14-6-2)7-11-9(3)15-16(4)12(11)13/h10,14H,5-8H2,1-4H3. The minimum atomic E-state index is 0.639. The summed E-state index contributed by atoms with van der Waals surface area (Å²) in [7, 11) is 1.89. The van der Waals surface area contributed by atoms with Crippen molar-refractivity contribution in [3.8, 4) is 0 Å². The fourth-order valence-corrected chi connectivity index (χ4v) is 2.16. The summed E-state index contributed by atoms with van der Waals surface area (Å²) in [6, 6.07) is 0. The van der Waals surface area contributed by atoms with E-state index in [0.29, 0.717) is 5.92 Å². The predicted octanol–water partition coefficient (Wildman–Crippen LogP) is 2.56. The second-order valence-electron chi connectivity index (χ2n) is 4.26. The zero-order valence-electron chi connectivity index (χ0n) is 10.7. The second kappa shape index (κ2) is 6.26. The first-order valence-electron chi connectivity index (χ1n) is 5.98. The molecule has 1 aromatic heterocycles. The Kier molecular flexibility index (Phi) is 5.29. The molecule has 0 spiro atoms. The maximum Gasteiger partial charge on any atom is 0.130 e. The first kappa shape index (κ1) is 13.5. The van der Waals surface area contributed by atoms with Gasteiger partial charge in [0.1, 0.15) is 5.15 Å². The molecule has 1 N–H and O–H groups in total. The molecule has 0 aliphatic carbocycles. The van der Waals surface area contributed by atoms with E-state index in [2.05, 4.69) is 24.3 Å². The van der Waals surface area contributed by atoms with Gasteiger partial charge in [0.2, 0.25) is 0 Å². The van der Waals surface area contributed by atoms with Gasteiger partial charge in [-0.05, 0) is 32.4 Å². The first-order chi connectivity index (χ1) is 7.60. The van der Waals surface area contributed by atoms with Gasteiger partial charge < -0.3 is 5.32 Å². The monoisotopic (exact) mass is 243 g/mol. The van der Waals surface area contributed by atoms with Crippen LogP contribution in [0.1, 0.15) is 31.5 Å². The third-order valence-corrected chi connectivity index (χ3v) is 3.50. The number of halogens is 1. The van der Waals surface area contributed by atoms with Crippen molar-refractivity contribution >= 4 is 11.6 Å². The van der Waals surface area contributed by atoms with Crippen LogP contribution < -0.4 is 5.32 Å². The number of hydrogen-bond acceptors (Lipinski definition) is 2. The van der Waals surface area contributed by atoms with Crippen molar-refractivity contribution in [2.24, 2.45) is 13.0 Å². The maximum absolute atomic E-state index is 6.23. The van der Waals surface area contributed by atoms with Gasteiger partial charge in [-0.25, -0.2) is 0 Å². The molecule has 1 rings (SSSR count). The first-order valence-corrected chi connectivity index (χ1v) is 6.36. The van der Waals surface area contributed by atoms with E-state index in [1.165, 1.54) is 5.56 Å². The topological polar surface area (TPSA) is 29.9 Å². The van der Waals surface area contributed by atoms with E-state index in [0.717, 1.165) is 36.8 Å². The van der Waals surface area contributed by atoms with Crippen molar-refractivity contribution in [2.75, 3.05) is 13.1 Å². The Morgan fingerprint density at radius 2 is 2.12 bits per heavy atom. The average Bonchev–Trinajstić information content (AvgIpc) is 2.50. The zero-order chi connectivity index (χ0) is 12.1. The van der Waals surface area contributed by atoms with E-state index in [4.69, 9.17) is 11.6 Å². The summed E-state index contributed by atoms with van der Waals surface area (Å²) < 4.78 is 1.76. The summed E-state index contributed by atoms with van der Waals surface area (Å²) >= 11 is 6.23. The van der Waals surface area contributed by atoms with E-state index in [-0.39, 0.29) is 0 Å². The van der Waals surface area contributed by atoms with E-state index in [1.807, 2.05) is 14.0 Å². The van der Waals surface area contributed by atoms with Crippen molar-refractivity contribution in [1.82, 2.24) is 15.1 Å². The Morgan fingerprint density at radius 1 is 1.44 bits per heavy atom. The van der Waals surface area contributed by atoms with Gasteiger partial charge in [-0.3, -0.25) is 4.68 Å². The summed E-state index contributed by atoms with van der Waals surface area (Å²) in [5.41, 5.74) is 2.26. The van der Waals surface area contributed by atoms with Crippen LogP contribution in [0.25, 0.3) is 0 Å².